The molecular formula is C9H3ClINS. The number of thiophene rings is 1. The molecule has 0 amide bonds. The van der Waals surface area contributed by atoms with Crippen LogP contribution in [0.1, 0.15) is 5.56 Å². The lowest BCUT2D eigenvalue weighted by Crippen LogP contribution is -1.72. The summed E-state index contributed by atoms with van der Waals surface area (Å²) in [6, 6.07) is 7.73. The first kappa shape index (κ1) is 9.25. The van der Waals surface area contributed by atoms with E-state index in [1.54, 1.807) is 0 Å². The summed E-state index contributed by atoms with van der Waals surface area (Å²) in [6.07, 6.45) is 0. The molecule has 0 atom stereocenters. The zero-order valence-electron chi connectivity index (χ0n) is 6.34. The van der Waals surface area contributed by atoms with Crippen molar-refractivity contribution < 1.29 is 0 Å². The van der Waals surface area contributed by atoms with Gasteiger partial charge in [-0.1, -0.05) is 17.7 Å². The number of rotatable bonds is 0. The molecule has 0 N–H and O–H groups in total. The Balaban J connectivity index is 2.82. The van der Waals surface area contributed by atoms with Crippen molar-refractivity contribution in [2.24, 2.45) is 0 Å². The molecule has 0 aliphatic rings. The van der Waals surface area contributed by atoms with Crippen LogP contribution in [0.5, 0.6) is 0 Å². The third-order valence-corrected chi connectivity index (χ3v) is 4.89. The number of benzene rings is 1. The van der Waals surface area contributed by atoms with Crippen LogP contribution in [0.25, 0.3) is 10.1 Å². The molecule has 1 heterocycles. The van der Waals surface area contributed by atoms with Crippen LogP contribution < -0.4 is 0 Å². The molecule has 0 unspecified atom stereocenters. The predicted octanol–water partition coefficient (Wildman–Crippen LogP) is 4.03. The third-order valence-electron chi connectivity index (χ3n) is 1.72. The van der Waals surface area contributed by atoms with Gasteiger partial charge in [-0.2, -0.15) is 5.26 Å². The molecule has 1 nitrogen and oxygen atoms in total. The molecular weight excluding hydrogens is 317 g/mol. The Morgan fingerprint density at radius 1 is 1.46 bits per heavy atom. The van der Waals surface area contributed by atoms with Crippen LogP contribution in [-0.4, -0.2) is 0 Å². The zero-order chi connectivity index (χ0) is 9.42. The molecule has 0 radical (unpaired) electrons. The van der Waals surface area contributed by atoms with E-state index in [4.69, 9.17) is 16.9 Å². The number of hydrogen-bond donors (Lipinski definition) is 0. The second-order valence-corrected chi connectivity index (χ2v) is 5.25. The maximum Gasteiger partial charge on any atom is 0.107 e. The summed E-state index contributed by atoms with van der Waals surface area (Å²) >= 11 is 9.71. The molecule has 64 valence electrons. The number of hydrogen-bond acceptors (Lipinski definition) is 2. The number of nitrogens with zero attached hydrogens (tertiary/aromatic N) is 1. The van der Waals surface area contributed by atoms with Gasteiger partial charge in [-0.25, -0.2) is 0 Å². The van der Waals surface area contributed by atoms with E-state index in [0.29, 0.717) is 5.56 Å². The van der Waals surface area contributed by atoms with Crippen molar-refractivity contribution >= 4 is 55.6 Å². The summed E-state index contributed by atoms with van der Waals surface area (Å²) in [7, 11) is 0. The lowest BCUT2D eigenvalue weighted by Gasteiger charge is -1.90. The first-order valence-electron chi connectivity index (χ1n) is 3.50. The summed E-state index contributed by atoms with van der Waals surface area (Å²) in [4.78, 5) is 0. The summed E-state index contributed by atoms with van der Waals surface area (Å²) < 4.78 is 2.95. The van der Waals surface area contributed by atoms with Crippen LogP contribution in [0, 0.1) is 14.9 Å². The maximum absolute atomic E-state index is 8.69. The molecule has 0 aliphatic carbocycles. The number of nitriles is 1. The van der Waals surface area contributed by atoms with Gasteiger partial charge < -0.3 is 0 Å². The molecule has 1 aromatic heterocycles. The normalized spacial score (nSPS) is 10.2. The largest absolute Gasteiger partial charge is 0.192 e. The van der Waals surface area contributed by atoms with Crippen molar-refractivity contribution in [3.63, 3.8) is 0 Å². The molecule has 0 saturated heterocycles. The van der Waals surface area contributed by atoms with Gasteiger partial charge in [0.15, 0.2) is 0 Å². The fraction of sp³-hybridized carbons (Fsp3) is 0. The highest BCUT2D eigenvalue weighted by Crippen LogP contribution is 2.36. The molecule has 0 bridgehead atoms. The molecule has 1 aromatic carbocycles. The maximum atomic E-state index is 8.69. The van der Waals surface area contributed by atoms with Crippen molar-refractivity contribution in [1.29, 1.82) is 5.26 Å². The highest BCUT2D eigenvalue weighted by Gasteiger charge is 2.07. The molecule has 0 aliphatic heterocycles. The predicted molar refractivity (Wildman–Crippen MR) is 64.3 cm³/mol. The minimum atomic E-state index is 0.682. The van der Waals surface area contributed by atoms with E-state index in [-0.39, 0.29) is 0 Å². The lowest BCUT2D eigenvalue weighted by atomic mass is 10.2. The summed E-state index contributed by atoms with van der Waals surface area (Å²) in [5.74, 6) is 0. The van der Waals surface area contributed by atoms with E-state index >= 15 is 0 Å². The van der Waals surface area contributed by atoms with Crippen LogP contribution in [0.3, 0.4) is 0 Å². The van der Waals surface area contributed by atoms with Gasteiger partial charge in [0, 0.05) is 10.1 Å². The lowest BCUT2D eigenvalue weighted by molar-refractivity contribution is 1.50. The minimum Gasteiger partial charge on any atom is -0.192 e. The van der Waals surface area contributed by atoms with E-state index in [2.05, 4.69) is 28.7 Å². The molecule has 0 fully saturated rings. The Labute approximate surface area is 98.1 Å². The minimum absolute atomic E-state index is 0.682. The second kappa shape index (κ2) is 3.45. The molecule has 4 heteroatoms. The van der Waals surface area contributed by atoms with Gasteiger partial charge in [0.1, 0.15) is 4.34 Å². The van der Waals surface area contributed by atoms with E-state index in [1.165, 1.54) is 11.3 Å². The van der Waals surface area contributed by atoms with Gasteiger partial charge in [0.05, 0.1) is 15.2 Å². The Morgan fingerprint density at radius 3 is 2.92 bits per heavy atom. The summed E-state index contributed by atoms with van der Waals surface area (Å²) in [6.45, 7) is 0. The average molecular weight is 320 g/mol. The van der Waals surface area contributed by atoms with E-state index < -0.39 is 0 Å². The van der Waals surface area contributed by atoms with Gasteiger partial charge in [0.2, 0.25) is 0 Å². The van der Waals surface area contributed by atoms with Crippen LogP contribution >= 0.6 is 45.5 Å². The van der Waals surface area contributed by atoms with E-state index in [9.17, 15) is 0 Å². The van der Waals surface area contributed by atoms with Gasteiger partial charge in [-0.05, 0) is 34.7 Å². The van der Waals surface area contributed by atoms with Gasteiger partial charge in [-0.3, -0.25) is 0 Å². The molecule has 2 rings (SSSR count). The molecule has 0 saturated carbocycles. The number of fused-ring (bicyclic) bond motifs is 1. The van der Waals surface area contributed by atoms with Gasteiger partial charge in [-0.15, -0.1) is 11.3 Å². The zero-order valence-corrected chi connectivity index (χ0v) is 10.1. The Kier molecular flexibility index (Phi) is 2.45. The third kappa shape index (κ3) is 1.54. The first-order valence-corrected chi connectivity index (χ1v) is 5.77. The number of halogens is 2. The van der Waals surface area contributed by atoms with Crippen molar-refractivity contribution in [3.8, 4) is 6.07 Å². The summed E-state index contributed by atoms with van der Waals surface area (Å²) in [5, 5.41) is 9.83. The molecule has 2 aromatic rings. The Hall–Kier alpha value is -0.310. The average Bonchev–Trinajstić information content (AvgIpc) is 2.42. The Morgan fingerprint density at radius 2 is 2.23 bits per heavy atom. The monoisotopic (exact) mass is 319 g/mol. The van der Waals surface area contributed by atoms with E-state index in [1.807, 2.05) is 18.2 Å². The second-order valence-electron chi connectivity index (χ2n) is 2.51. The summed E-state index contributed by atoms with van der Waals surface area (Å²) in [5.41, 5.74) is 0.682. The van der Waals surface area contributed by atoms with Crippen molar-refractivity contribution in [2.45, 2.75) is 0 Å². The highest BCUT2D eigenvalue weighted by atomic mass is 127. The SMILES string of the molecule is N#Cc1ccc2c(I)c(Cl)sc2c1. The smallest absolute Gasteiger partial charge is 0.107 e. The fourth-order valence-corrected chi connectivity index (χ4v) is 3.30. The van der Waals surface area contributed by atoms with Gasteiger partial charge in [0.25, 0.3) is 0 Å². The van der Waals surface area contributed by atoms with Gasteiger partial charge >= 0.3 is 0 Å². The van der Waals surface area contributed by atoms with Crippen LogP contribution in [-0.2, 0) is 0 Å². The standard InChI is InChI=1S/C9H3ClINS/c10-9-8(11)6-2-1-5(4-12)3-7(6)13-9/h1-3H. The van der Waals surface area contributed by atoms with Crippen LogP contribution in [0.2, 0.25) is 4.34 Å². The topological polar surface area (TPSA) is 23.8 Å². The molecule has 13 heavy (non-hydrogen) atoms. The van der Waals surface area contributed by atoms with Crippen molar-refractivity contribution in [2.75, 3.05) is 0 Å². The first-order chi connectivity index (χ1) is 6.22. The molecule has 0 spiro atoms. The highest BCUT2D eigenvalue weighted by molar-refractivity contribution is 14.1. The van der Waals surface area contributed by atoms with E-state index in [0.717, 1.165) is 18.0 Å². The van der Waals surface area contributed by atoms with Crippen LogP contribution in [0.4, 0.5) is 0 Å². The van der Waals surface area contributed by atoms with Crippen molar-refractivity contribution in [1.82, 2.24) is 0 Å². The quantitative estimate of drug-likeness (QED) is 0.673. The van der Waals surface area contributed by atoms with Crippen molar-refractivity contribution in [3.05, 3.63) is 31.7 Å². The van der Waals surface area contributed by atoms with Crippen LogP contribution in [0.15, 0.2) is 18.2 Å². The fourth-order valence-electron chi connectivity index (χ4n) is 1.10. The Bertz CT molecular complexity index is 512.